The van der Waals surface area contributed by atoms with Crippen molar-refractivity contribution in [3.63, 3.8) is 0 Å². The Morgan fingerprint density at radius 3 is 2.37 bits per heavy atom. The van der Waals surface area contributed by atoms with E-state index in [1.54, 1.807) is 14.2 Å². The van der Waals surface area contributed by atoms with Gasteiger partial charge in [0.25, 0.3) is 0 Å². The molecule has 0 aliphatic heterocycles. The predicted molar refractivity (Wildman–Crippen MR) is 78.2 cm³/mol. The summed E-state index contributed by atoms with van der Waals surface area (Å²) in [6, 6.07) is 6.87. The van der Waals surface area contributed by atoms with Crippen molar-refractivity contribution in [1.29, 1.82) is 0 Å². The van der Waals surface area contributed by atoms with Crippen molar-refractivity contribution in [3.8, 4) is 11.5 Å². The molecule has 1 aromatic carbocycles. The van der Waals surface area contributed by atoms with Crippen LogP contribution >= 0.6 is 0 Å². The van der Waals surface area contributed by atoms with Gasteiger partial charge in [0.2, 0.25) is 0 Å². The average molecular weight is 263 g/mol. The van der Waals surface area contributed by atoms with E-state index < -0.39 is 0 Å². The van der Waals surface area contributed by atoms with Gasteiger partial charge in [-0.1, -0.05) is 13.8 Å². The number of rotatable bonds is 5. The van der Waals surface area contributed by atoms with Crippen LogP contribution in [0.15, 0.2) is 18.2 Å². The predicted octanol–water partition coefficient (Wildman–Crippen LogP) is 3.12. The normalized spacial score (nSPS) is 26.4. The second kappa shape index (κ2) is 5.83. The summed E-state index contributed by atoms with van der Waals surface area (Å²) in [5.41, 5.74) is 1.54. The Labute approximate surface area is 116 Å². The lowest BCUT2D eigenvalue weighted by Crippen LogP contribution is -2.28. The molecular weight excluding hydrogens is 238 g/mol. The quantitative estimate of drug-likeness (QED) is 0.885. The zero-order valence-corrected chi connectivity index (χ0v) is 12.5. The number of hydrogen-bond donors (Lipinski definition) is 1. The van der Waals surface area contributed by atoms with Crippen LogP contribution in [0.4, 0.5) is 0 Å². The third kappa shape index (κ3) is 3.03. The third-order valence-electron chi connectivity index (χ3n) is 4.28. The van der Waals surface area contributed by atoms with Crippen molar-refractivity contribution < 1.29 is 9.47 Å². The number of benzene rings is 1. The Bertz CT molecular complexity index is 411. The van der Waals surface area contributed by atoms with Gasteiger partial charge in [0.1, 0.15) is 11.5 Å². The van der Waals surface area contributed by atoms with E-state index in [0.29, 0.717) is 6.04 Å². The molecule has 0 heterocycles. The molecule has 2 atom stereocenters. The van der Waals surface area contributed by atoms with E-state index in [1.807, 2.05) is 6.07 Å². The fourth-order valence-corrected chi connectivity index (χ4v) is 3.12. The van der Waals surface area contributed by atoms with Crippen molar-refractivity contribution >= 4 is 0 Å². The highest BCUT2D eigenvalue weighted by atomic mass is 16.5. The molecule has 1 saturated carbocycles. The molecular formula is C16H25NO2. The molecule has 0 amide bonds. The smallest absolute Gasteiger partial charge is 0.122 e. The Morgan fingerprint density at radius 2 is 1.84 bits per heavy atom. The summed E-state index contributed by atoms with van der Waals surface area (Å²) in [6.45, 7) is 5.56. The highest BCUT2D eigenvalue weighted by molar-refractivity contribution is 5.42. The second-order valence-corrected chi connectivity index (χ2v) is 5.66. The zero-order valence-electron chi connectivity index (χ0n) is 12.5. The average Bonchev–Trinajstić information content (AvgIpc) is 2.81. The summed E-state index contributed by atoms with van der Waals surface area (Å²) >= 11 is 0. The van der Waals surface area contributed by atoms with Gasteiger partial charge in [-0.05, 0) is 48.9 Å². The first kappa shape index (κ1) is 14.2. The second-order valence-electron chi connectivity index (χ2n) is 5.66. The molecule has 106 valence electrons. The summed E-state index contributed by atoms with van der Waals surface area (Å²) in [7, 11) is 3.41. The fraction of sp³-hybridized carbons (Fsp3) is 0.625. The summed E-state index contributed by atoms with van der Waals surface area (Å²) in [6.07, 6.45) is 3.63. The van der Waals surface area contributed by atoms with Crippen molar-refractivity contribution in [2.24, 2.45) is 0 Å². The first-order valence-corrected chi connectivity index (χ1v) is 7.08. The van der Waals surface area contributed by atoms with Crippen LogP contribution in [-0.2, 0) is 5.41 Å². The molecule has 1 aliphatic carbocycles. The minimum atomic E-state index is 0.217. The molecule has 1 fully saturated rings. The van der Waals surface area contributed by atoms with Crippen LogP contribution in [-0.4, -0.2) is 26.8 Å². The van der Waals surface area contributed by atoms with Crippen molar-refractivity contribution in [3.05, 3.63) is 23.8 Å². The molecule has 19 heavy (non-hydrogen) atoms. The first-order valence-electron chi connectivity index (χ1n) is 7.08. The van der Waals surface area contributed by atoms with E-state index in [1.165, 1.54) is 24.8 Å². The molecule has 3 nitrogen and oxygen atoms in total. The molecule has 0 saturated heterocycles. The van der Waals surface area contributed by atoms with Crippen LogP contribution in [0.2, 0.25) is 0 Å². The molecule has 3 heteroatoms. The highest BCUT2D eigenvalue weighted by Crippen LogP contribution is 2.43. The van der Waals surface area contributed by atoms with Crippen LogP contribution in [0, 0.1) is 0 Å². The fourth-order valence-electron chi connectivity index (χ4n) is 3.12. The molecule has 0 bridgehead atoms. The minimum Gasteiger partial charge on any atom is -0.497 e. The Balaban J connectivity index is 2.25. The van der Waals surface area contributed by atoms with Gasteiger partial charge in [-0.3, -0.25) is 0 Å². The van der Waals surface area contributed by atoms with E-state index in [2.05, 4.69) is 31.3 Å². The molecule has 1 aliphatic rings. The molecule has 2 unspecified atom stereocenters. The van der Waals surface area contributed by atoms with Crippen LogP contribution in [0.5, 0.6) is 11.5 Å². The van der Waals surface area contributed by atoms with Crippen molar-refractivity contribution in [2.75, 3.05) is 20.8 Å². The van der Waals surface area contributed by atoms with Crippen molar-refractivity contribution in [1.82, 2.24) is 5.32 Å². The molecule has 1 N–H and O–H groups in total. The Kier molecular flexibility index (Phi) is 4.35. The van der Waals surface area contributed by atoms with Crippen LogP contribution in [0.25, 0.3) is 0 Å². The summed E-state index contributed by atoms with van der Waals surface area (Å²) in [5.74, 6) is 1.75. The summed E-state index contributed by atoms with van der Waals surface area (Å²) in [4.78, 5) is 0. The van der Waals surface area contributed by atoms with Gasteiger partial charge in [0.15, 0.2) is 0 Å². The number of nitrogens with one attached hydrogen (secondary N) is 1. The number of hydrogen-bond acceptors (Lipinski definition) is 3. The SMILES string of the molecule is CCNC1CCC(C)(c2cc(OC)cc(OC)c2)C1. The lowest BCUT2D eigenvalue weighted by Gasteiger charge is -2.26. The highest BCUT2D eigenvalue weighted by Gasteiger charge is 2.36. The lowest BCUT2D eigenvalue weighted by atomic mass is 9.80. The zero-order chi connectivity index (χ0) is 13.9. The number of methoxy groups -OCH3 is 2. The standard InChI is InChI=1S/C16H25NO2/c1-5-17-13-6-7-16(2,11-13)12-8-14(18-3)10-15(9-12)19-4/h8-10,13,17H,5-7,11H2,1-4H3. The van der Waals surface area contributed by atoms with Gasteiger partial charge in [-0.25, -0.2) is 0 Å². The third-order valence-corrected chi connectivity index (χ3v) is 4.28. The molecule has 2 rings (SSSR count). The largest absolute Gasteiger partial charge is 0.497 e. The van der Waals surface area contributed by atoms with Gasteiger partial charge in [-0.15, -0.1) is 0 Å². The van der Waals surface area contributed by atoms with E-state index in [-0.39, 0.29) is 5.41 Å². The van der Waals surface area contributed by atoms with Crippen LogP contribution in [0.1, 0.15) is 38.7 Å². The summed E-state index contributed by atoms with van der Waals surface area (Å²) in [5, 5.41) is 3.56. The maximum absolute atomic E-state index is 5.38. The minimum absolute atomic E-state index is 0.217. The number of ether oxygens (including phenoxy) is 2. The first-order chi connectivity index (χ1) is 9.11. The summed E-state index contributed by atoms with van der Waals surface area (Å²) < 4.78 is 10.8. The molecule has 0 radical (unpaired) electrons. The van der Waals surface area contributed by atoms with E-state index in [0.717, 1.165) is 18.0 Å². The topological polar surface area (TPSA) is 30.5 Å². The molecule has 0 spiro atoms. The van der Waals surface area contributed by atoms with E-state index in [4.69, 9.17) is 9.47 Å². The van der Waals surface area contributed by atoms with Gasteiger partial charge in [0.05, 0.1) is 14.2 Å². The Morgan fingerprint density at radius 1 is 1.21 bits per heavy atom. The monoisotopic (exact) mass is 263 g/mol. The van der Waals surface area contributed by atoms with Gasteiger partial charge in [-0.2, -0.15) is 0 Å². The van der Waals surface area contributed by atoms with Gasteiger partial charge < -0.3 is 14.8 Å². The van der Waals surface area contributed by atoms with E-state index in [9.17, 15) is 0 Å². The lowest BCUT2D eigenvalue weighted by molar-refractivity contribution is 0.387. The Hall–Kier alpha value is -1.22. The van der Waals surface area contributed by atoms with E-state index >= 15 is 0 Å². The molecule has 1 aromatic rings. The van der Waals surface area contributed by atoms with Crippen molar-refractivity contribution in [2.45, 2.75) is 44.6 Å². The van der Waals surface area contributed by atoms with Gasteiger partial charge in [0, 0.05) is 12.1 Å². The molecule has 0 aromatic heterocycles. The van der Waals surface area contributed by atoms with Gasteiger partial charge >= 0.3 is 0 Å². The maximum Gasteiger partial charge on any atom is 0.122 e. The van der Waals surface area contributed by atoms with Crippen LogP contribution in [0.3, 0.4) is 0 Å². The maximum atomic E-state index is 5.38. The van der Waals surface area contributed by atoms with Crippen LogP contribution < -0.4 is 14.8 Å².